The molecule has 0 amide bonds. The number of hydrogen-bond donors (Lipinski definition) is 0. The fourth-order valence-corrected chi connectivity index (χ4v) is 5.04. The summed E-state index contributed by atoms with van der Waals surface area (Å²) in [4.78, 5) is 4.70. The number of para-hydroxylation sites is 2. The Balaban J connectivity index is 1.50. The van der Waals surface area contributed by atoms with E-state index in [0.717, 1.165) is 54.4 Å². The second-order valence-electron chi connectivity index (χ2n) is 8.23. The zero-order valence-electron chi connectivity index (χ0n) is 17.5. The van der Waals surface area contributed by atoms with Crippen LogP contribution in [0.2, 0.25) is 0 Å². The van der Waals surface area contributed by atoms with Crippen LogP contribution in [0.25, 0.3) is 60.7 Å². The second-order valence-corrected chi connectivity index (χ2v) is 9.14. The van der Waals surface area contributed by atoms with Crippen LogP contribution in [0.1, 0.15) is 0 Å². The molecule has 0 N–H and O–H groups in total. The number of pyridine rings is 1. The SMILES string of the molecule is Brc1ccc(-n2c3ccccc3c3ccc(-c4ccc5oc6ccccc6c5c4)cc32)nc1. The number of halogens is 1. The van der Waals surface area contributed by atoms with E-state index in [1.165, 1.54) is 10.8 Å². The van der Waals surface area contributed by atoms with Gasteiger partial charge in [-0.1, -0.05) is 54.6 Å². The van der Waals surface area contributed by atoms with Crippen LogP contribution in [0.5, 0.6) is 0 Å². The van der Waals surface area contributed by atoms with Gasteiger partial charge in [-0.05, 0) is 69.5 Å². The summed E-state index contributed by atoms with van der Waals surface area (Å²) in [6.45, 7) is 0. The quantitative estimate of drug-likeness (QED) is 0.244. The van der Waals surface area contributed by atoms with Crippen molar-refractivity contribution in [3.8, 4) is 16.9 Å². The van der Waals surface area contributed by atoms with Crippen LogP contribution < -0.4 is 0 Å². The summed E-state index contributed by atoms with van der Waals surface area (Å²) in [7, 11) is 0. The summed E-state index contributed by atoms with van der Waals surface area (Å²) >= 11 is 3.50. The molecule has 0 saturated heterocycles. The Morgan fingerprint density at radius 1 is 0.606 bits per heavy atom. The summed E-state index contributed by atoms with van der Waals surface area (Å²) in [5, 5.41) is 4.72. The molecule has 7 rings (SSSR count). The number of fused-ring (bicyclic) bond motifs is 6. The van der Waals surface area contributed by atoms with Crippen molar-refractivity contribution < 1.29 is 4.42 Å². The zero-order valence-corrected chi connectivity index (χ0v) is 19.1. The van der Waals surface area contributed by atoms with Crippen LogP contribution >= 0.6 is 15.9 Å². The number of rotatable bonds is 2. The van der Waals surface area contributed by atoms with Crippen molar-refractivity contribution in [1.29, 1.82) is 0 Å². The largest absolute Gasteiger partial charge is 0.456 e. The van der Waals surface area contributed by atoms with E-state index in [1.807, 2.05) is 30.5 Å². The summed E-state index contributed by atoms with van der Waals surface area (Å²) in [5.41, 5.74) is 6.44. The zero-order chi connectivity index (χ0) is 21.9. The van der Waals surface area contributed by atoms with Crippen molar-refractivity contribution in [3.63, 3.8) is 0 Å². The molecule has 3 aromatic heterocycles. The lowest BCUT2D eigenvalue weighted by atomic mass is 10.0. The van der Waals surface area contributed by atoms with Crippen molar-refractivity contribution in [3.05, 3.63) is 108 Å². The molecule has 3 nitrogen and oxygen atoms in total. The Bertz CT molecular complexity index is 1830. The first kappa shape index (κ1) is 18.7. The van der Waals surface area contributed by atoms with Crippen LogP contribution in [0.3, 0.4) is 0 Å². The van der Waals surface area contributed by atoms with Crippen LogP contribution in [0, 0.1) is 0 Å². The summed E-state index contributed by atoms with van der Waals surface area (Å²) in [6, 6.07) is 33.9. The van der Waals surface area contributed by atoms with Crippen molar-refractivity contribution in [1.82, 2.24) is 9.55 Å². The Kier molecular flexibility index (Phi) is 3.99. The highest BCUT2D eigenvalue weighted by Crippen LogP contribution is 2.36. The Morgan fingerprint density at radius 2 is 1.33 bits per heavy atom. The Labute approximate surface area is 198 Å². The van der Waals surface area contributed by atoms with E-state index < -0.39 is 0 Å². The van der Waals surface area contributed by atoms with Gasteiger partial charge in [0, 0.05) is 32.2 Å². The number of furan rings is 1. The van der Waals surface area contributed by atoms with Gasteiger partial charge in [0.2, 0.25) is 0 Å². The lowest BCUT2D eigenvalue weighted by Gasteiger charge is -2.08. The predicted octanol–water partition coefficient (Wildman–Crippen LogP) is 8.51. The molecule has 0 radical (unpaired) electrons. The maximum atomic E-state index is 6.02. The first-order valence-corrected chi connectivity index (χ1v) is 11.6. The first-order valence-electron chi connectivity index (χ1n) is 10.8. The van der Waals surface area contributed by atoms with Crippen molar-refractivity contribution in [2.45, 2.75) is 0 Å². The van der Waals surface area contributed by atoms with Gasteiger partial charge in [0.25, 0.3) is 0 Å². The molecule has 33 heavy (non-hydrogen) atoms. The average Bonchev–Trinajstić information content (AvgIpc) is 3.39. The molecule has 0 bridgehead atoms. The molecule has 3 heterocycles. The van der Waals surface area contributed by atoms with Gasteiger partial charge in [0.05, 0.1) is 11.0 Å². The molecule has 4 heteroatoms. The van der Waals surface area contributed by atoms with Gasteiger partial charge in [-0.3, -0.25) is 4.57 Å². The van der Waals surface area contributed by atoms with E-state index in [1.54, 1.807) is 0 Å². The van der Waals surface area contributed by atoms with E-state index in [9.17, 15) is 0 Å². The molecule has 0 unspecified atom stereocenters. The lowest BCUT2D eigenvalue weighted by Crippen LogP contribution is -1.96. The van der Waals surface area contributed by atoms with E-state index in [0.29, 0.717) is 0 Å². The molecular weight excluding hydrogens is 472 g/mol. The molecule has 0 spiro atoms. The third-order valence-electron chi connectivity index (χ3n) is 6.32. The second kappa shape index (κ2) is 7.06. The minimum absolute atomic E-state index is 0.901. The predicted molar refractivity (Wildman–Crippen MR) is 139 cm³/mol. The normalized spacial score (nSPS) is 11.8. The number of nitrogens with zero attached hydrogens (tertiary/aromatic N) is 2. The summed E-state index contributed by atoms with van der Waals surface area (Å²) < 4.78 is 9.23. The molecule has 4 aromatic carbocycles. The Hall–Kier alpha value is -3.89. The van der Waals surface area contributed by atoms with Gasteiger partial charge in [-0.15, -0.1) is 0 Å². The molecule has 0 atom stereocenters. The van der Waals surface area contributed by atoms with Gasteiger partial charge < -0.3 is 4.42 Å². The van der Waals surface area contributed by atoms with Crippen LogP contribution in [0.15, 0.2) is 112 Å². The van der Waals surface area contributed by atoms with Gasteiger partial charge in [-0.25, -0.2) is 4.98 Å². The lowest BCUT2D eigenvalue weighted by molar-refractivity contribution is 0.669. The van der Waals surface area contributed by atoms with Crippen molar-refractivity contribution >= 4 is 59.7 Å². The molecule has 0 aliphatic rings. The third-order valence-corrected chi connectivity index (χ3v) is 6.79. The maximum absolute atomic E-state index is 6.02. The van der Waals surface area contributed by atoms with Crippen molar-refractivity contribution in [2.75, 3.05) is 0 Å². The molecule has 0 aliphatic carbocycles. The van der Waals surface area contributed by atoms with E-state index in [-0.39, 0.29) is 0 Å². The van der Waals surface area contributed by atoms with Crippen LogP contribution in [0.4, 0.5) is 0 Å². The van der Waals surface area contributed by atoms with E-state index >= 15 is 0 Å². The Morgan fingerprint density at radius 3 is 2.21 bits per heavy atom. The van der Waals surface area contributed by atoms with Gasteiger partial charge in [0.1, 0.15) is 17.0 Å². The van der Waals surface area contributed by atoms with Gasteiger partial charge in [-0.2, -0.15) is 0 Å². The van der Waals surface area contributed by atoms with Crippen molar-refractivity contribution in [2.24, 2.45) is 0 Å². The molecule has 0 saturated carbocycles. The molecule has 0 fully saturated rings. The highest BCUT2D eigenvalue weighted by Gasteiger charge is 2.14. The topological polar surface area (TPSA) is 31.0 Å². The van der Waals surface area contributed by atoms with E-state index in [2.05, 4.69) is 93.3 Å². The number of hydrogen-bond acceptors (Lipinski definition) is 2. The molecule has 7 aromatic rings. The molecule has 0 aliphatic heterocycles. The highest BCUT2D eigenvalue weighted by atomic mass is 79.9. The smallest absolute Gasteiger partial charge is 0.137 e. The van der Waals surface area contributed by atoms with Gasteiger partial charge >= 0.3 is 0 Å². The molecule has 156 valence electrons. The summed E-state index contributed by atoms with van der Waals surface area (Å²) in [5.74, 6) is 0.901. The maximum Gasteiger partial charge on any atom is 0.137 e. The minimum atomic E-state index is 0.901. The van der Waals surface area contributed by atoms with Gasteiger partial charge in [0.15, 0.2) is 0 Å². The van der Waals surface area contributed by atoms with Crippen LogP contribution in [-0.4, -0.2) is 9.55 Å². The van der Waals surface area contributed by atoms with Crippen LogP contribution in [-0.2, 0) is 0 Å². The fraction of sp³-hybridized carbons (Fsp3) is 0. The fourth-order valence-electron chi connectivity index (χ4n) is 4.80. The molecular formula is C29H17BrN2O. The average molecular weight is 489 g/mol. The number of benzene rings is 4. The monoisotopic (exact) mass is 488 g/mol. The standard InChI is InChI=1S/C29H17BrN2O/c30-20-11-14-29(31-17-20)32-25-7-3-1-5-21(25)22-12-9-19(16-26(22)32)18-10-13-28-24(15-18)23-6-2-4-8-27(23)33-28/h1-17H. The summed E-state index contributed by atoms with van der Waals surface area (Å²) in [6.07, 6.45) is 1.84. The minimum Gasteiger partial charge on any atom is -0.456 e. The highest BCUT2D eigenvalue weighted by molar-refractivity contribution is 9.10. The first-order chi connectivity index (χ1) is 16.3. The number of aromatic nitrogens is 2. The van der Waals surface area contributed by atoms with E-state index in [4.69, 9.17) is 9.40 Å². The third kappa shape index (κ3) is 2.84.